The fourth-order valence-corrected chi connectivity index (χ4v) is 3.88. The van der Waals surface area contributed by atoms with Gasteiger partial charge in [0, 0.05) is 31.2 Å². The van der Waals surface area contributed by atoms with Gasteiger partial charge in [0.15, 0.2) is 5.75 Å². The lowest BCUT2D eigenvalue weighted by molar-refractivity contribution is -0.115. The number of rotatable bonds is 3. The van der Waals surface area contributed by atoms with Crippen molar-refractivity contribution in [2.45, 2.75) is 32.2 Å². The van der Waals surface area contributed by atoms with Crippen molar-refractivity contribution in [3.05, 3.63) is 48.0 Å². The van der Waals surface area contributed by atoms with Crippen LogP contribution in [0.1, 0.15) is 31.7 Å². The summed E-state index contributed by atoms with van der Waals surface area (Å²) in [6, 6.07) is 14.2. The normalized spacial score (nSPS) is 16.4. The van der Waals surface area contributed by atoms with Crippen molar-refractivity contribution in [1.29, 1.82) is 0 Å². The molecule has 6 nitrogen and oxygen atoms in total. The number of amidine groups is 1. The molecule has 2 aliphatic heterocycles. The standard InChI is InChI=1S/C23H28N4O2/c1-4-22(28)24-16-9-10-20-18(15-16)23(25-19-7-5-6-8-21(19)29-20)27-13-11-17(12-14-27)26(2)3/h5-10,15,17H,4,11-14H2,1-3H3,(H,24,28). The number of nitrogens with one attached hydrogen (secondary N) is 1. The summed E-state index contributed by atoms with van der Waals surface area (Å²) < 4.78 is 6.21. The van der Waals surface area contributed by atoms with Gasteiger partial charge in [-0.3, -0.25) is 4.79 Å². The fraction of sp³-hybridized carbons (Fsp3) is 0.391. The van der Waals surface area contributed by atoms with Crippen LogP contribution in [0.2, 0.25) is 0 Å². The highest BCUT2D eigenvalue weighted by Crippen LogP contribution is 2.39. The van der Waals surface area contributed by atoms with Crippen molar-refractivity contribution < 1.29 is 9.53 Å². The molecule has 0 spiro atoms. The van der Waals surface area contributed by atoms with Crippen molar-refractivity contribution >= 4 is 23.1 Å². The summed E-state index contributed by atoms with van der Waals surface area (Å²) in [5, 5.41) is 2.95. The Labute approximate surface area is 172 Å². The van der Waals surface area contributed by atoms with Gasteiger partial charge in [-0.25, -0.2) is 4.99 Å². The predicted octanol–water partition coefficient (Wildman–Crippen LogP) is 4.25. The second kappa shape index (κ2) is 8.25. The number of aliphatic imine (C=N–C) groups is 1. The number of hydrogen-bond donors (Lipinski definition) is 1. The predicted molar refractivity (Wildman–Crippen MR) is 116 cm³/mol. The van der Waals surface area contributed by atoms with Crippen molar-refractivity contribution in [3.63, 3.8) is 0 Å². The molecule has 152 valence electrons. The zero-order valence-corrected chi connectivity index (χ0v) is 17.3. The highest BCUT2D eigenvalue weighted by Gasteiger charge is 2.27. The van der Waals surface area contributed by atoms with E-state index < -0.39 is 0 Å². The molecule has 2 heterocycles. The van der Waals surface area contributed by atoms with Gasteiger partial charge in [-0.1, -0.05) is 19.1 Å². The fourth-order valence-electron chi connectivity index (χ4n) is 3.88. The van der Waals surface area contributed by atoms with Gasteiger partial charge in [-0.15, -0.1) is 0 Å². The van der Waals surface area contributed by atoms with E-state index in [2.05, 4.69) is 29.2 Å². The van der Waals surface area contributed by atoms with Crippen LogP contribution < -0.4 is 10.1 Å². The van der Waals surface area contributed by atoms with Crippen LogP contribution in [-0.2, 0) is 4.79 Å². The number of benzene rings is 2. The molecule has 1 fully saturated rings. The van der Waals surface area contributed by atoms with Gasteiger partial charge < -0.3 is 19.9 Å². The third-order valence-corrected chi connectivity index (χ3v) is 5.63. The number of nitrogens with zero attached hydrogens (tertiary/aromatic N) is 3. The van der Waals surface area contributed by atoms with Crippen LogP contribution in [0.4, 0.5) is 11.4 Å². The number of fused-ring (bicyclic) bond motifs is 2. The summed E-state index contributed by atoms with van der Waals surface area (Å²) in [5.74, 6) is 2.41. The molecule has 2 aromatic rings. The number of amides is 1. The molecule has 0 aliphatic carbocycles. The molecule has 6 heteroatoms. The van der Waals surface area contributed by atoms with Crippen molar-refractivity contribution in [1.82, 2.24) is 9.80 Å². The molecule has 0 atom stereocenters. The number of carbonyl (C=O) groups is 1. The van der Waals surface area contributed by atoms with E-state index in [1.807, 2.05) is 49.4 Å². The zero-order valence-electron chi connectivity index (χ0n) is 17.3. The molecule has 0 saturated carbocycles. The molecule has 0 bridgehead atoms. The molecule has 2 aromatic carbocycles. The molecule has 1 N–H and O–H groups in total. The van der Waals surface area contributed by atoms with E-state index in [0.29, 0.717) is 12.5 Å². The smallest absolute Gasteiger partial charge is 0.224 e. The van der Waals surface area contributed by atoms with Crippen LogP contribution in [0.15, 0.2) is 47.5 Å². The SMILES string of the molecule is CCC(=O)Nc1ccc2c(c1)C(N1CCC(N(C)C)CC1)=Nc1ccccc1O2. The summed E-state index contributed by atoms with van der Waals surface area (Å²) >= 11 is 0. The third-order valence-electron chi connectivity index (χ3n) is 5.63. The molecule has 1 saturated heterocycles. The Morgan fingerprint density at radius 2 is 1.93 bits per heavy atom. The Bertz CT molecular complexity index is 930. The Morgan fingerprint density at radius 3 is 2.66 bits per heavy atom. The van der Waals surface area contributed by atoms with Gasteiger partial charge in [0.2, 0.25) is 5.91 Å². The molecular formula is C23H28N4O2. The summed E-state index contributed by atoms with van der Waals surface area (Å²) in [5.41, 5.74) is 2.51. The number of hydrogen-bond acceptors (Lipinski definition) is 5. The highest BCUT2D eigenvalue weighted by molar-refractivity contribution is 6.05. The Kier molecular flexibility index (Phi) is 5.53. The first-order valence-corrected chi connectivity index (χ1v) is 10.3. The van der Waals surface area contributed by atoms with E-state index in [1.165, 1.54) is 0 Å². The average molecular weight is 393 g/mol. The van der Waals surface area contributed by atoms with E-state index in [0.717, 1.165) is 60.2 Å². The van der Waals surface area contributed by atoms with Gasteiger partial charge >= 0.3 is 0 Å². The lowest BCUT2D eigenvalue weighted by atomic mass is 10.0. The minimum absolute atomic E-state index is 0.00642. The molecule has 29 heavy (non-hydrogen) atoms. The van der Waals surface area contributed by atoms with E-state index in [9.17, 15) is 4.79 Å². The minimum Gasteiger partial charge on any atom is -0.454 e. The Morgan fingerprint density at radius 1 is 1.17 bits per heavy atom. The van der Waals surface area contributed by atoms with Gasteiger partial charge in [0.1, 0.15) is 17.3 Å². The second-order valence-corrected chi connectivity index (χ2v) is 7.80. The lowest BCUT2D eigenvalue weighted by Crippen LogP contribution is -2.44. The van der Waals surface area contributed by atoms with Gasteiger partial charge in [-0.2, -0.15) is 0 Å². The van der Waals surface area contributed by atoms with Crippen LogP contribution in [0.25, 0.3) is 0 Å². The molecule has 2 aliphatic rings. The van der Waals surface area contributed by atoms with Crippen LogP contribution in [0.5, 0.6) is 11.5 Å². The summed E-state index contributed by atoms with van der Waals surface area (Å²) in [6.07, 6.45) is 2.63. The number of piperidine rings is 1. The Balaban J connectivity index is 1.73. The largest absolute Gasteiger partial charge is 0.454 e. The number of likely N-dealkylation sites (tertiary alicyclic amines) is 1. The lowest BCUT2D eigenvalue weighted by Gasteiger charge is -2.37. The first-order chi connectivity index (χ1) is 14.0. The first kappa shape index (κ1) is 19.5. The average Bonchev–Trinajstić information content (AvgIpc) is 2.90. The molecular weight excluding hydrogens is 364 g/mol. The highest BCUT2D eigenvalue weighted by atomic mass is 16.5. The number of anilines is 1. The van der Waals surface area contributed by atoms with E-state index >= 15 is 0 Å². The van der Waals surface area contributed by atoms with Crippen LogP contribution in [-0.4, -0.2) is 54.8 Å². The maximum Gasteiger partial charge on any atom is 0.224 e. The van der Waals surface area contributed by atoms with Gasteiger partial charge in [-0.05, 0) is 57.3 Å². The van der Waals surface area contributed by atoms with E-state index in [4.69, 9.17) is 9.73 Å². The molecule has 1 amide bonds. The van der Waals surface area contributed by atoms with Gasteiger partial charge in [0.05, 0.1) is 5.56 Å². The summed E-state index contributed by atoms with van der Waals surface area (Å²) in [6.45, 7) is 3.73. The second-order valence-electron chi connectivity index (χ2n) is 7.80. The van der Waals surface area contributed by atoms with Gasteiger partial charge in [0.25, 0.3) is 0 Å². The zero-order chi connectivity index (χ0) is 20.4. The maximum atomic E-state index is 11.9. The number of carbonyl (C=O) groups excluding carboxylic acids is 1. The van der Waals surface area contributed by atoms with Crippen LogP contribution >= 0.6 is 0 Å². The minimum atomic E-state index is -0.00642. The number of ether oxygens (including phenoxy) is 1. The maximum absolute atomic E-state index is 11.9. The van der Waals surface area contributed by atoms with E-state index in [1.54, 1.807) is 0 Å². The molecule has 0 radical (unpaired) electrons. The van der Waals surface area contributed by atoms with Crippen molar-refractivity contribution in [3.8, 4) is 11.5 Å². The van der Waals surface area contributed by atoms with E-state index in [-0.39, 0.29) is 5.91 Å². The quantitative estimate of drug-likeness (QED) is 0.849. The van der Waals surface area contributed by atoms with Crippen molar-refractivity contribution in [2.75, 3.05) is 32.5 Å². The topological polar surface area (TPSA) is 57.2 Å². The Hall–Kier alpha value is -2.86. The van der Waals surface area contributed by atoms with Crippen LogP contribution in [0, 0.1) is 0 Å². The molecule has 0 aromatic heterocycles. The monoisotopic (exact) mass is 392 g/mol. The first-order valence-electron chi connectivity index (χ1n) is 10.3. The van der Waals surface area contributed by atoms with Crippen molar-refractivity contribution in [2.24, 2.45) is 4.99 Å². The third kappa shape index (κ3) is 4.12. The molecule has 4 rings (SSSR count). The molecule has 0 unspecified atom stereocenters. The summed E-state index contributed by atoms with van der Waals surface area (Å²) in [7, 11) is 4.29. The summed E-state index contributed by atoms with van der Waals surface area (Å²) in [4.78, 5) is 21.5. The van der Waals surface area contributed by atoms with Crippen LogP contribution in [0.3, 0.4) is 0 Å². The number of para-hydroxylation sites is 2.